The van der Waals surface area contributed by atoms with Crippen LogP contribution in [0.3, 0.4) is 0 Å². The zero-order valence-electron chi connectivity index (χ0n) is 13.1. The quantitative estimate of drug-likeness (QED) is 0.849. The van der Waals surface area contributed by atoms with Crippen LogP contribution >= 0.6 is 0 Å². The van der Waals surface area contributed by atoms with Crippen molar-refractivity contribution in [3.05, 3.63) is 59.9 Å². The molecule has 0 spiro atoms. The second-order valence-corrected chi connectivity index (χ2v) is 5.26. The van der Waals surface area contributed by atoms with Gasteiger partial charge in [0.2, 0.25) is 5.91 Å². The van der Waals surface area contributed by atoms with Gasteiger partial charge in [-0.2, -0.15) is 0 Å². The fourth-order valence-corrected chi connectivity index (χ4v) is 2.13. The summed E-state index contributed by atoms with van der Waals surface area (Å²) in [5.74, 6) is 0.895. The summed E-state index contributed by atoms with van der Waals surface area (Å²) in [6.07, 6.45) is 4.96. The average molecular weight is 298 g/mol. The fourth-order valence-electron chi connectivity index (χ4n) is 2.13. The minimum absolute atomic E-state index is 0.00595. The first-order valence-electron chi connectivity index (χ1n) is 7.60. The molecule has 0 aliphatic carbocycles. The fraction of sp³-hybridized carbons (Fsp3) is 0.333. The molecule has 4 nitrogen and oxygen atoms in total. The van der Waals surface area contributed by atoms with Crippen LogP contribution in [0.4, 0.5) is 0 Å². The predicted octanol–water partition coefficient (Wildman–Crippen LogP) is 3.64. The highest BCUT2D eigenvalue weighted by Crippen LogP contribution is 2.18. The molecule has 1 amide bonds. The van der Waals surface area contributed by atoms with Crippen molar-refractivity contribution >= 4 is 5.91 Å². The molecule has 0 aliphatic heterocycles. The van der Waals surface area contributed by atoms with Gasteiger partial charge in [-0.3, -0.25) is 9.78 Å². The summed E-state index contributed by atoms with van der Waals surface area (Å²) in [5.41, 5.74) is 2.10. The molecule has 1 atom stereocenters. The van der Waals surface area contributed by atoms with E-state index in [9.17, 15) is 4.79 Å². The molecule has 0 unspecified atom stereocenters. The number of carbonyl (C=O) groups excluding carboxylic acids is 1. The number of hydrogen-bond donors (Lipinski definition) is 1. The van der Waals surface area contributed by atoms with Crippen LogP contribution in [0, 0.1) is 0 Å². The summed E-state index contributed by atoms with van der Waals surface area (Å²) in [6, 6.07) is 11.7. The number of rotatable bonds is 7. The number of benzene rings is 1. The molecule has 0 saturated carbocycles. The van der Waals surface area contributed by atoms with E-state index in [-0.39, 0.29) is 11.9 Å². The van der Waals surface area contributed by atoms with Gasteiger partial charge in [0.1, 0.15) is 12.4 Å². The molecule has 2 rings (SSSR count). The first-order valence-corrected chi connectivity index (χ1v) is 7.60. The summed E-state index contributed by atoms with van der Waals surface area (Å²) in [4.78, 5) is 15.7. The minimum Gasteiger partial charge on any atom is -0.489 e. The molecule has 2 aromatic rings. The molecule has 1 aromatic heterocycles. The number of aromatic nitrogens is 1. The lowest BCUT2D eigenvalue weighted by Gasteiger charge is -2.15. The van der Waals surface area contributed by atoms with E-state index in [1.54, 1.807) is 12.4 Å². The Morgan fingerprint density at radius 3 is 2.68 bits per heavy atom. The molecule has 0 fully saturated rings. The molecule has 1 N–H and O–H groups in total. The minimum atomic E-state index is 0.00595. The van der Waals surface area contributed by atoms with E-state index in [0.717, 1.165) is 23.3 Å². The van der Waals surface area contributed by atoms with Crippen molar-refractivity contribution in [3.63, 3.8) is 0 Å². The highest BCUT2D eigenvalue weighted by molar-refractivity contribution is 5.76. The predicted molar refractivity (Wildman–Crippen MR) is 86.5 cm³/mol. The van der Waals surface area contributed by atoms with Gasteiger partial charge in [0.15, 0.2) is 0 Å². The molecule has 22 heavy (non-hydrogen) atoms. The van der Waals surface area contributed by atoms with Crippen molar-refractivity contribution in [2.75, 3.05) is 0 Å². The maximum atomic E-state index is 11.6. The first kappa shape index (κ1) is 16.0. The number of hydrogen-bond acceptors (Lipinski definition) is 3. The van der Waals surface area contributed by atoms with Gasteiger partial charge in [-0.1, -0.05) is 25.1 Å². The standard InChI is InChI=1S/C18H22N2O2/c1-3-5-18(21)20-14(2)16-7-9-17(10-8-16)22-13-15-6-4-11-19-12-15/h4,6-12,14H,3,5,13H2,1-2H3,(H,20,21)/t14-/m1/s1. The summed E-state index contributed by atoms with van der Waals surface area (Å²) in [5, 5.41) is 2.99. The van der Waals surface area contributed by atoms with Crippen LogP contribution < -0.4 is 10.1 Å². The molecule has 1 aromatic carbocycles. The third kappa shape index (κ3) is 4.88. The van der Waals surface area contributed by atoms with Crippen molar-refractivity contribution in [1.29, 1.82) is 0 Å². The van der Waals surface area contributed by atoms with E-state index in [4.69, 9.17) is 4.74 Å². The molecule has 116 valence electrons. The number of pyridine rings is 1. The van der Waals surface area contributed by atoms with Gasteiger partial charge in [0.25, 0.3) is 0 Å². The summed E-state index contributed by atoms with van der Waals surface area (Å²) in [6.45, 7) is 4.48. The third-order valence-corrected chi connectivity index (χ3v) is 3.36. The second-order valence-electron chi connectivity index (χ2n) is 5.26. The van der Waals surface area contributed by atoms with E-state index in [2.05, 4.69) is 10.3 Å². The van der Waals surface area contributed by atoms with Crippen molar-refractivity contribution in [3.8, 4) is 5.75 Å². The second kappa shape index (κ2) is 8.17. The van der Waals surface area contributed by atoms with Gasteiger partial charge in [-0.15, -0.1) is 0 Å². The van der Waals surface area contributed by atoms with Gasteiger partial charge in [0.05, 0.1) is 6.04 Å². The maximum absolute atomic E-state index is 11.6. The monoisotopic (exact) mass is 298 g/mol. The Kier molecular flexibility index (Phi) is 5.95. The van der Waals surface area contributed by atoms with Crippen LogP contribution in [-0.2, 0) is 11.4 Å². The van der Waals surface area contributed by atoms with Crippen LogP contribution in [0.1, 0.15) is 43.9 Å². The van der Waals surface area contributed by atoms with Crippen LogP contribution in [0.2, 0.25) is 0 Å². The van der Waals surface area contributed by atoms with Gasteiger partial charge in [-0.05, 0) is 37.1 Å². The Hall–Kier alpha value is -2.36. The van der Waals surface area contributed by atoms with E-state index >= 15 is 0 Å². The lowest BCUT2D eigenvalue weighted by molar-refractivity contribution is -0.121. The number of amides is 1. The van der Waals surface area contributed by atoms with E-state index in [0.29, 0.717) is 13.0 Å². The van der Waals surface area contributed by atoms with Gasteiger partial charge >= 0.3 is 0 Å². The summed E-state index contributed by atoms with van der Waals surface area (Å²) < 4.78 is 5.72. The Morgan fingerprint density at radius 1 is 1.27 bits per heavy atom. The third-order valence-electron chi connectivity index (χ3n) is 3.36. The van der Waals surface area contributed by atoms with E-state index in [1.807, 2.05) is 50.2 Å². The smallest absolute Gasteiger partial charge is 0.220 e. The molecule has 0 aliphatic rings. The summed E-state index contributed by atoms with van der Waals surface area (Å²) >= 11 is 0. The van der Waals surface area contributed by atoms with E-state index in [1.165, 1.54) is 0 Å². The molecular formula is C18H22N2O2. The zero-order chi connectivity index (χ0) is 15.8. The highest BCUT2D eigenvalue weighted by Gasteiger charge is 2.08. The molecule has 1 heterocycles. The largest absolute Gasteiger partial charge is 0.489 e. The van der Waals surface area contributed by atoms with Crippen molar-refractivity contribution in [2.24, 2.45) is 0 Å². The first-order chi connectivity index (χ1) is 10.7. The Balaban J connectivity index is 1.88. The van der Waals surface area contributed by atoms with Crippen molar-refractivity contribution in [1.82, 2.24) is 10.3 Å². The Morgan fingerprint density at radius 2 is 2.05 bits per heavy atom. The lowest BCUT2D eigenvalue weighted by Crippen LogP contribution is -2.26. The van der Waals surface area contributed by atoms with Crippen LogP contribution in [0.5, 0.6) is 5.75 Å². The van der Waals surface area contributed by atoms with Crippen molar-refractivity contribution < 1.29 is 9.53 Å². The Bertz CT molecular complexity index is 582. The number of nitrogens with zero attached hydrogens (tertiary/aromatic N) is 1. The summed E-state index contributed by atoms with van der Waals surface area (Å²) in [7, 11) is 0. The van der Waals surface area contributed by atoms with Crippen LogP contribution in [0.25, 0.3) is 0 Å². The van der Waals surface area contributed by atoms with Gasteiger partial charge in [0, 0.05) is 24.4 Å². The lowest BCUT2D eigenvalue weighted by atomic mass is 10.1. The average Bonchev–Trinajstić information content (AvgIpc) is 2.54. The van der Waals surface area contributed by atoms with Crippen molar-refractivity contribution in [2.45, 2.75) is 39.3 Å². The highest BCUT2D eigenvalue weighted by atomic mass is 16.5. The molecule has 0 saturated heterocycles. The van der Waals surface area contributed by atoms with Crippen LogP contribution in [-0.4, -0.2) is 10.9 Å². The SMILES string of the molecule is CCCC(=O)N[C@H](C)c1ccc(OCc2cccnc2)cc1. The maximum Gasteiger partial charge on any atom is 0.220 e. The molecule has 4 heteroatoms. The van der Waals surface area contributed by atoms with Gasteiger partial charge in [-0.25, -0.2) is 0 Å². The molecular weight excluding hydrogens is 276 g/mol. The Labute approximate surface area is 131 Å². The number of ether oxygens (including phenoxy) is 1. The van der Waals surface area contributed by atoms with E-state index < -0.39 is 0 Å². The topological polar surface area (TPSA) is 51.2 Å². The number of nitrogens with one attached hydrogen (secondary N) is 1. The van der Waals surface area contributed by atoms with Crippen LogP contribution in [0.15, 0.2) is 48.8 Å². The molecule has 0 radical (unpaired) electrons. The van der Waals surface area contributed by atoms with Gasteiger partial charge < -0.3 is 10.1 Å². The normalized spacial score (nSPS) is 11.7. The zero-order valence-corrected chi connectivity index (χ0v) is 13.1. The number of carbonyl (C=O) groups is 1. The molecule has 0 bridgehead atoms.